The van der Waals surface area contributed by atoms with Gasteiger partial charge in [0.1, 0.15) is 6.10 Å². The van der Waals surface area contributed by atoms with Gasteiger partial charge >= 0.3 is 0 Å². The van der Waals surface area contributed by atoms with Crippen LogP contribution in [0.5, 0.6) is 0 Å². The first-order valence-corrected chi connectivity index (χ1v) is 12.2. The first-order valence-electron chi connectivity index (χ1n) is 11.0. The number of nitrogens with two attached hydrogens (primary N) is 1. The smallest absolute Gasteiger partial charge is 0.294 e. The first kappa shape index (κ1) is 28.3. The fraction of sp³-hybridized carbons (Fsp3) is 0.684. The van der Waals surface area contributed by atoms with Gasteiger partial charge in [-0.15, -0.1) is 0 Å². The Kier molecular flexibility index (Phi) is 8.33. The predicted octanol–water partition coefficient (Wildman–Crippen LogP) is -1.21. The number of imidazole rings is 1. The molecule has 2 aromatic heterocycles. The number of H-pyrrole nitrogens is 1. The largest absolute Gasteiger partial charge is 0.393 e. The topological polar surface area (TPSA) is 239 Å². The zero-order valence-electron chi connectivity index (χ0n) is 20.2. The van der Waals surface area contributed by atoms with Crippen molar-refractivity contribution in [1.82, 2.24) is 29.5 Å². The average Bonchev–Trinajstić information content (AvgIpc) is 3.30. The molecule has 0 bridgehead atoms. The second-order valence-corrected chi connectivity index (χ2v) is 10.1. The fourth-order valence-electron chi connectivity index (χ4n) is 4.27. The number of aromatic nitrogens is 4. The van der Waals surface area contributed by atoms with Crippen molar-refractivity contribution in [3.63, 3.8) is 0 Å². The van der Waals surface area contributed by atoms with Gasteiger partial charge in [0, 0.05) is 18.0 Å². The van der Waals surface area contributed by atoms with Crippen LogP contribution in [0.3, 0.4) is 0 Å². The van der Waals surface area contributed by atoms with E-state index < -0.39 is 56.5 Å². The quantitative estimate of drug-likeness (QED) is 0.108. The second-order valence-electron chi connectivity index (χ2n) is 9.19. The molecular weight excluding hydrogens is 499 g/mol. The molecule has 3 heterocycles. The number of nitrogen functional groups attached to an aromatic ring is 1. The lowest BCUT2D eigenvalue weighted by Crippen LogP contribution is -2.61. The minimum atomic E-state index is -3.05. The van der Waals surface area contributed by atoms with Crippen LogP contribution in [-0.4, -0.2) is 90.8 Å². The summed E-state index contributed by atoms with van der Waals surface area (Å²) in [7, 11) is -3.05. The van der Waals surface area contributed by atoms with E-state index in [0.29, 0.717) is 11.4 Å². The third-order valence-electron chi connectivity index (χ3n) is 5.87. The van der Waals surface area contributed by atoms with Crippen molar-refractivity contribution in [3.05, 3.63) is 16.7 Å². The predicted molar refractivity (Wildman–Crippen MR) is 125 cm³/mol. The zero-order valence-corrected chi connectivity index (χ0v) is 21.1. The molecule has 17 heteroatoms. The van der Waals surface area contributed by atoms with Gasteiger partial charge in [-0.05, 0) is 39.1 Å². The number of ether oxygens (including phenoxy) is 1. The standard InChI is InChI=1S/C19H31N8O8P/c1-10(2)26(18(3,4)6-5-7-20)27(36(32)33)35-19(31)11(8-28)34-16(13(19)29)25-9-22-12-14(25)23-17(21)24-15(12)30/h9-11,13,16,28-29,31-33H,5-6,8H2,1-4H3,(H3,21,23,24,30)/t11-,13+,16-,19+/m1/s1. The van der Waals surface area contributed by atoms with Gasteiger partial charge in [-0.2, -0.15) is 10.2 Å². The third-order valence-corrected chi connectivity index (χ3v) is 6.45. The molecule has 0 unspecified atom stereocenters. The Hall–Kier alpha value is -2.29. The molecule has 0 aliphatic carbocycles. The van der Waals surface area contributed by atoms with Crippen LogP contribution in [0.15, 0.2) is 11.1 Å². The lowest BCUT2D eigenvalue weighted by molar-refractivity contribution is -0.398. The van der Waals surface area contributed by atoms with Gasteiger partial charge in [0.25, 0.3) is 14.1 Å². The number of nitrogens with one attached hydrogen (secondary N) is 1. The van der Waals surface area contributed by atoms with E-state index in [1.807, 2.05) is 6.07 Å². The highest BCUT2D eigenvalue weighted by Gasteiger charge is 2.60. The van der Waals surface area contributed by atoms with Crippen molar-refractivity contribution in [3.8, 4) is 6.07 Å². The van der Waals surface area contributed by atoms with Crippen LogP contribution in [0.2, 0.25) is 0 Å². The van der Waals surface area contributed by atoms with E-state index in [2.05, 4.69) is 15.0 Å². The number of hydrogen-bond donors (Lipinski definition) is 7. The van der Waals surface area contributed by atoms with E-state index in [1.54, 1.807) is 27.7 Å². The zero-order chi connectivity index (χ0) is 27.0. The van der Waals surface area contributed by atoms with Crippen LogP contribution < -0.4 is 11.3 Å². The number of anilines is 1. The minimum absolute atomic E-state index is 0.0638. The maximum atomic E-state index is 12.1. The SMILES string of the molecule is CC(C)N(N(O[C@@]1(O)[C@@H](CO)O[C@@H](n2cnc3c(=O)[nH]c(N)nc32)[C@@H]1O)P(O)O)C(C)(C)CCC#N. The lowest BCUT2D eigenvalue weighted by atomic mass is 9.97. The van der Waals surface area contributed by atoms with Crippen LogP contribution >= 0.6 is 8.53 Å². The Morgan fingerprint density at radius 1 is 1.47 bits per heavy atom. The molecule has 1 fully saturated rings. The summed E-state index contributed by atoms with van der Waals surface area (Å²) >= 11 is 0. The highest BCUT2D eigenvalue weighted by Crippen LogP contribution is 2.45. The minimum Gasteiger partial charge on any atom is -0.393 e. The Morgan fingerprint density at radius 3 is 2.69 bits per heavy atom. The Morgan fingerprint density at radius 2 is 2.14 bits per heavy atom. The Labute approximate surface area is 207 Å². The van der Waals surface area contributed by atoms with Crippen LogP contribution in [0, 0.1) is 11.3 Å². The molecule has 0 spiro atoms. The molecule has 0 amide bonds. The number of aromatic amines is 1. The van der Waals surface area contributed by atoms with E-state index in [9.17, 15) is 29.9 Å². The summed E-state index contributed by atoms with van der Waals surface area (Å²) in [5, 5.41) is 42.9. The number of fused-ring (bicyclic) bond motifs is 1. The summed E-state index contributed by atoms with van der Waals surface area (Å²) in [6.45, 7) is 6.10. The summed E-state index contributed by atoms with van der Waals surface area (Å²) in [4.78, 5) is 49.1. The van der Waals surface area contributed by atoms with Crippen molar-refractivity contribution < 1.29 is 34.7 Å². The summed E-state index contributed by atoms with van der Waals surface area (Å²) in [6.07, 6.45) is -3.40. The summed E-state index contributed by atoms with van der Waals surface area (Å²) in [6, 6.07) is 1.61. The molecule has 36 heavy (non-hydrogen) atoms. The van der Waals surface area contributed by atoms with E-state index in [0.717, 1.165) is 10.9 Å². The average molecular weight is 530 g/mol. The molecule has 8 N–H and O–H groups in total. The number of hydrogen-bond acceptors (Lipinski definition) is 14. The number of nitrogens with zero attached hydrogens (tertiary/aromatic N) is 6. The molecule has 200 valence electrons. The second kappa shape index (κ2) is 10.6. The molecule has 0 radical (unpaired) electrons. The van der Waals surface area contributed by atoms with Crippen LogP contribution in [0.4, 0.5) is 5.95 Å². The van der Waals surface area contributed by atoms with Crippen molar-refractivity contribution in [2.45, 2.75) is 76.3 Å². The molecule has 4 atom stereocenters. The van der Waals surface area contributed by atoms with Gasteiger partial charge in [-0.25, -0.2) is 14.8 Å². The van der Waals surface area contributed by atoms with Crippen molar-refractivity contribution >= 4 is 25.6 Å². The number of hydrazine groups is 1. The van der Waals surface area contributed by atoms with Crippen molar-refractivity contribution in [2.75, 3.05) is 12.3 Å². The molecule has 1 saturated heterocycles. The number of nitriles is 1. The highest BCUT2D eigenvalue weighted by atomic mass is 31.2. The maximum Gasteiger partial charge on any atom is 0.294 e. The third kappa shape index (κ3) is 5.08. The number of aliphatic hydroxyl groups is 3. The molecule has 1 aliphatic rings. The van der Waals surface area contributed by atoms with Gasteiger partial charge in [0.15, 0.2) is 23.5 Å². The van der Waals surface area contributed by atoms with Crippen LogP contribution in [-0.2, 0) is 9.57 Å². The van der Waals surface area contributed by atoms with Crippen LogP contribution in [0.25, 0.3) is 11.2 Å². The molecular formula is C19H31N8O8P. The molecule has 2 aromatic rings. The van der Waals surface area contributed by atoms with Gasteiger partial charge in [-0.1, -0.05) is 0 Å². The highest BCUT2D eigenvalue weighted by molar-refractivity contribution is 7.42. The van der Waals surface area contributed by atoms with Gasteiger partial charge in [-0.3, -0.25) is 14.3 Å². The van der Waals surface area contributed by atoms with Gasteiger partial charge in [0.2, 0.25) is 11.7 Å². The summed E-state index contributed by atoms with van der Waals surface area (Å²) in [5.41, 5.74) is 3.93. The Bertz CT molecular complexity index is 1170. The van der Waals surface area contributed by atoms with E-state index in [1.165, 1.54) is 5.01 Å². The van der Waals surface area contributed by atoms with E-state index in [4.69, 9.17) is 20.6 Å². The summed E-state index contributed by atoms with van der Waals surface area (Å²) in [5.74, 6) is -2.93. The first-order chi connectivity index (χ1) is 16.8. The monoisotopic (exact) mass is 530 g/mol. The molecule has 0 aromatic carbocycles. The molecule has 0 saturated carbocycles. The maximum absolute atomic E-state index is 12.1. The normalized spacial score (nSPS) is 25.1. The van der Waals surface area contributed by atoms with Crippen molar-refractivity contribution in [1.29, 1.82) is 5.26 Å². The molecule has 16 nitrogen and oxygen atoms in total. The van der Waals surface area contributed by atoms with Crippen molar-refractivity contribution in [2.24, 2.45) is 0 Å². The number of rotatable bonds is 10. The Balaban J connectivity index is 2.01. The molecule has 1 aliphatic heterocycles. The summed E-state index contributed by atoms with van der Waals surface area (Å²) < 4.78 is 6.79. The van der Waals surface area contributed by atoms with E-state index in [-0.39, 0.29) is 23.5 Å². The van der Waals surface area contributed by atoms with Gasteiger partial charge < -0.3 is 35.6 Å². The van der Waals surface area contributed by atoms with E-state index >= 15 is 0 Å². The molecule has 3 rings (SSSR count). The number of aliphatic hydroxyl groups excluding tert-OH is 2. The fourth-order valence-corrected chi connectivity index (χ4v) is 5.10. The van der Waals surface area contributed by atoms with Crippen LogP contribution in [0.1, 0.15) is 46.8 Å². The van der Waals surface area contributed by atoms with Gasteiger partial charge in [0.05, 0.1) is 19.0 Å². The lowest BCUT2D eigenvalue weighted by Gasteiger charge is -2.48.